The molecule has 2 aliphatic heterocycles. The van der Waals surface area contributed by atoms with Gasteiger partial charge >= 0.3 is 25.7 Å². The predicted octanol–water partition coefficient (Wildman–Crippen LogP) is 10.0. The minimum atomic E-state index is -5.69. The number of aliphatic hydroxyl groups excluding tert-OH is 10. The number of phosphoric ester groups is 1. The van der Waals surface area contributed by atoms with Crippen molar-refractivity contribution < 1.29 is 117 Å². The van der Waals surface area contributed by atoms with Gasteiger partial charge in [-0.15, -0.1) is 0 Å². The predicted molar refractivity (Wildman–Crippen MR) is 361 cm³/mol. The molecule has 1 saturated carbocycles. The zero-order valence-corrected chi connectivity index (χ0v) is 60.0. The zero-order chi connectivity index (χ0) is 70.5. The van der Waals surface area contributed by atoms with Crippen molar-refractivity contribution in [1.82, 2.24) is 0 Å². The number of carbonyl (C=O) groups is 3. The van der Waals surface area contributed by atoms with Crippen molar-refractivity contribution in [3.8, 4) is 0 Å². The molecule has 24 nitrogen and oxygen atoms in total. The summed E-state index contributed by atoms with van der Waals surface area (Å²) in [4.78, 5) is 51.0. The van der Waals surface area contributed by atoms with Gasteiger partial charge in [0.05, 0.1) is 13.2 Å². The van der Waals surface area contributed by atoms with E-state index in [9.17, 15) is 74.9 Å². The van der Waals surface area contributed by atoms with Crippen LogP contribution in [0.3, 0.4) is 0 Å². The maximum atomic E-state index is 14.3. The lowest BCUT2D eigenvalue weighted by Gasteiger charge is -2.49. The lowest BCUT2D eigenvalue weighted by molar-refractivity contribution is -0.360. The summed E-state index contributed by atoms with van der Waals surface area (Å²) in [7, 11) is -5.69. The lowest BCUT2D eigenvalue weighted by Crippen LogP contribution is -2.69. The molecule has 0 aromatic rings. The second kappa shape index (κ2) is 52.9. The van der Waals surface area contributed by atoms with Gasteiger partial charge in [-0.1, -0.05) is 259 Å². The Kier molecular flexibility index (Phi) is 48.5. The number of ether oxygens (including phenoxy) is 7. The molecule has 0 amide bonds. The van der Waals surface area contributed by atoms with Crippen molar-refractivity contribution in [3.63, 3.8) is 0 Å². The van der Waals surface area contributed by atoms with Gasteiger partial charge in [0.2, 0.25) is 0 Å². The van der Waals surface area contributed by atoms with Crippen molar-refractivity contribution in [2.24, 2.45) is 5.92 Å². The third-order valence-corrected chi connectivity index (χ3v) is 20.0. The highest BCUT2D eigenvalue weighted by atomic mass is 31.2. The molecule has 566 valence electrons. The fourth-order valence-electron chi connectivity index (χ4n) is 12.8. The van der Waals surface area contributed by atoms with Crippen molar-refractivity contribution in [1.29, 1.82) is 0 Å². The van der Waals surface area contributed by atoms with Gasteiger partial charge < -0.3 is 89.1 Å². The largest absolute Gasteiger partial charge is 0.472 e. The van der Waals surface area contributed by atoms with Gasteiger partial charge in [-0.05, 0) is 25.2 Å². The van der Waals surface area contributed by atoms with E-state index in [1.54, 1.807) is 0 Å². The molecule has 2 saturated heterocycles. The molecular weight excluding hydrogens is 1270 g/mol. The molecule has 0 aromatic heterocycles. The first-order chi connectivity index (χ1) is 46.2. The molecule has 0 aromatic carbocycles. The lowest BCUT2D eigenvalue weighted by atomic mass is 9.84. The van der Waals surface area contributed by atoms with Gasteiger partial charge in [-0.3, -0.25) is 23.4 Å². The van der Waals surface area contributed by atoms with E-state index in [1.165, 1.54) is 135 Å². The first-order valence-corrected chi connectivity index (χ1v) is 39.2. The van der Waals surface area contributed by atoms with Gasteiger partial charge in [0.25, 0.3) is 0 Å². The highest BCUT2D eigenvalue weighted by molar-refractivity contribution is 7.47. The number of aliphatic hydroxyl groups is 10. The molecule has 3 fully saturated rings. The molecule has 3 rings (SSSR count). The summed E-state index contributed by atoms with van der Waals surface area (Å²) in [5, 5.41) is 110. The van der Waals surface area contributed by atoms with Crippen LogP contribution in [0, 0.1) is 5.92 Å². The van der Waals surface area contributed by atoms with E-state index >= 15 is 0 Å². The molecule has 11 N–H and O–H groups in total. The second-order valence-corrected chi connectivity index (χ2v) is 29.1. The highest BCUT2D eigenvalue weighted by Crippen LogP contribution is 2.49. The van der Waals surface area contributed by atoms with E-state index in [2.05, 4.69) is 27.7 Å². The summed E-state index contributed by atoms with van der Waals surface area (Å²) < 4.78 is 65.0. The Hall–Kier alpha value is -2.04. The summed E-state index contributed by atoms with van der Waals surface area (Å²) in [5.41, 5.74) is 0. The third kappa shape index (κ3) is 36.2. The molecule has 25 heteroatoms. The maximum Gasteiger partial charge on any atom is 0.472 e. The van der Waals surface area contributed by atoms with Crippen LogP contribution in [0.1, 0.15) is 297 Å². The zero-order valence-electron chi connectivity index (χ0n) is 59.1. The van der Waals surface area contributed by atoms with E-state index in [1.807, 2.05) is 0 Å². The maximum absolute atomic E-state index is 14.3. The topological polar surface area (TPSA) is 374 Å². The monoisotopic (exact) mass is 1400 g/mol. The number of unbranched alkanes of at least 4 members (excludes halogenated alkanes) is 33. The smallest absolute Gasteiger partial charge is 0.463 e. The quantitative estimate of drug-likeness (QED) is 0.0117. The van der Waals surface area contributed by atoms with E-state index in [4.69, 9.17) is 42.2 Å². The molecule has 96 heavy (non-hydrogen) atoms. The van der Waals surface area contributed by atoms with Crippen molar-refractivity contribution in [2.45, 2.75) is 402 Å². The molecule has 0 spiro atoms. The summed E-state index contributed by atoms with van der Waals surface area (Å²) in [6.45, 7) is 5.77. The van der Waals surface area contributed by atoms with E-state index in [0.29, 0.717) is 25.2 Å². The molecule has 0 bridgehead atoms. The standard InChI is InChI=1S/C71H133O24P/c1-5-8-11-14-17-19-21-23-25-27-29-36-41-46-57(75)90-52(48-87-55(73)44-39-35-31-30-33-38-43-51(4)42-37-32-16-13-10-7-3)49-89-96(85,86)95-69-67(93-70-65(83)60(78)58(76)53(47-72)91-70)63(81)62(80)64(82)68(69)94-71-66(84)61(79)59(77)54(92-71)50-88-56(74)45-40-34-28-26-24-22-20-18-15-12-9-6-2/h51-54,58-72,76-84H,5-50H2,1-4H3,(H,85,86). The molecule has 19 atom stereocenters. The van der Waals surface area contributed by atoms with Crippen LogP contribution in [0.2, 0.25) is 0 Å². The van der Waals surface area contributed by atoms with E-state index in [0.717, 1.165) is 96.3 Å². The Morgan fingerprint density at radius 2 is 0.729 bits per heavy atom. The Balaban J connectivity index is 1.75. The normalized spacial score (nSPS) is 28.2. The number of hydrogen-bond donors (Lipinski definition) is 11. The Morgan fingerprint density at radius 1 is 0.396 bits per heavy atom. The van der Waals surface area contributed by atoms with Gasteiger partial charge in [0.15, 0.2) is 18.7 Å². The summed E-state index contributed by atoms with van der Waals surface area (Å²) in [5.74, 6) is -1.28. The number of rotatable bonds is 58. The molecule has 3 aliphatic rings. The Labute approximate surface area is 574 Å². The van der Waals surface area contributed by atoms with E-state index < -0.39 is 156 Å². The van der Waals surface area contributed by atoms with Gasteiger partial charge in [0, 0.05) is 19.3 Å². The first kappa shape index (κ1) is 88.2. The number of phosphoric acid groups is 1. The fraction of sp³-hybridized carbons (Fsp3) is 0.958. The SMILES string of the molecule is CCCCCCCCCCCCCCCC(=O)OC(COC(=O)CCCCCCCCC(C)CCCCCCCC)COP(=O)(O)OC1C(OC2OC(CO)C(O)C(O)C2O)C(O)C(O)C(O)C1OC1OC(COC(=O)CCCCCCCCCCCCCC)C(O)C(O)C1O. The summed E-state index contributed by atoms with van der Waals surface area (Å²) in [6.07, 6.45) is 7.53. The van der Waals surface area contributed by atoms with Gasteiger partial charge in [-0.2, -0.15) is 0 Å². The number of carbonyl (C=O) groups excluding carboxylic acids is 3. The van der Waals surface area contributed by atoms with Crippen LogP contribution in [-0.4, -0.2) is 204 Å². The minimum absolute atomic E-state index is 0.0327. The van der Waals surface area contributed by atoms with Crippen molar-refractivity contribution >= 4 is 25.7 Å². The summed E-state index contributed by atoms with van der Waals surface area (Å²) >= 11 is 0. The van der Waals surface area contributed by atoms with Crippen LogP contribution in [0.25, 0.3) is 0 Å². The number of hydrogen-bond acceptors (Lipinski definition) is 23. The van der Waals surface area contributed by atoms with Crippen LogP contribution < -0.4 is 0 Å². The Bertz CT molecular complexity index is 2010. The fourth-order valence-corrected chi connectivity index (χ4v) is 13.7. The van der Waals surface area contributed by atoms with Crippen LogP contribution in [0.15, 0.2) is 0 Å². The third-order valence-electron chi connectivity index (χ3n) is 19.0. The van der Waals surface area contributed by atoms with Crippen LogP contribution in [0.4, 0.5) is 0 Å². The van der Waals surface area contributed by atoms with Crippen molar-refractivity contribution in [2.75, 3.05) is 26.4 Å². The van der Waals surface area contributed by atoms with Crippen molar-refractivity contribution in [3.05, 3.63) is 0 Å². The average Bonchev–Trinajstić information content (AvgIpc) is 0.762. The number of esters is 3. The van der Waals surface area contributed by atoms with Crippen LogP contribution >= 0.6 is 7.82 Å². The highest BCUT2D eigenvalue weighted by Gasteiger charge is 2.58. The summed E-state index contributed by atoms with van der Waals surface area (Å²) in [6, 6.07) is 0. The molecule has 1 aliphatic carbocycles. The van der Waals surface area contributed by atoms with Crippen LogP contribution in [-0.2, 0) is 61.2 Å². The average molecular weight is 1400 g/mol. The molecule has 19 unspecified atom stereocenters. The van der Waals surface area contributed by atoms with Crippen LogP contribution in [0.5, 0.6) is 0 Å². The molecular formula is C71H133O24P. The molecule has 2 heterocycles. The van der Waals surface area contributed by atoms with Gasteiger partial charge in [-0.25, -0.2) is 4.57 Å². The van der Waals surface area contributed by atoms with E-state index in [-0.39, 0.29) is 19.3 Å². The minimum Gasteiger partial charge on any atom is -0.463 e. The van der Waals surface area contributed by atoms with Gasteiger partial charge in [0.1, 0.15) is 98.7 Å². The first-order valence-electron chi connectivity index (χ1n) is 37.7. The Morgan fingerprint density at radius 3 is 1.12 bits per heavy atom. The molecule has 0 radical (unpaired) electrons. The second-order valence-electron chi connectivity index (χ2n) is 27.7.